The highest BCUT2D eigenvalue weighted by Gasteiger charge is 1.93. The van der Waals surface area contributed by atoms with Crippen LogP contribution < -0.4 is 11.5 Å². The molecule has 0 atom stereocenters. The number of nitrogens with one attached hydrogen (secondary N) is 1. The van der Waals surface area contributed by atoms with Gasteiger partial charge in [-0.3, -0.25) is 0 Å². The molecule has 0 bridgehead atoms. The highest BCUT2D eigenvalue weighted by Crippen LogP contribution is 1.96. The highest BCUT2D eigenvalue weighted by molar-refractivity contribution is 5.18. The Morgan fingerprint density at radius 2 is 2.44 bits per heavy atom. The average molecular weight is 126 g/mol. The molecule has 9 heavy (non-hydrogen) atoms. The van der Waals surface area contributed by atoms with Gasteiger partial charge in [-0.2, -0.15) is 0 Å². The van der Waals surface area contributed by atoms with E-state index in [0.29, 0.717) is 12.5 Å². The van der Waals surface area contributed by atoms with Crippen molar-refractivity contribution in [3.8, 4) is 0 Å². The third-order valence-electron chi connectivity index (χ3n) is 1.05. The summed E-state index contributed by atoms with van der Waals surface area (Å²) in [6.07, 6.45) is 2.55. The monoisotopic (exact) mass is 126 g/mol. The van der Waals surface area contributed by atoms with Gasteiger partial charge in [0.15, 0.2) is 5.95 Å². The second-order valence-electron chi connectivity index (χ2n) is 1.82. The normalized spacial score (nSPS) is 9.89. The summed E-state index contributed by atoms with van der Waals surface area (Å²) < 4.78 is 0. The third-order valence-corrected chi connectivity index (χ3v) is 1.05. The number of nitrogen functional groups attached to an aromatic ring is 1. The van der Waals surface area contributed by atoms with Gasteiger partial charge in [0.1, 0.15) is 0 Å². The molecule has 0 spiro atoms. The lowest BCUT2D eigenvalue weighted by Gasteiger charge is -1.85. The Morgan fingerprint density at radius 1 is 1.67 bits per heavy atom. The van der Waals surface area contributed by atoms with Crippen LogP contribution in [0.2, 0.25) is 0 Å². The van der Waals surface area contributed by atoms with E-state index < -0.39 is 0 Å². The number of nitrogens with zero attached hydrogens (tertiary/aromatic N) is 1. The van der Waals surface area contributed by atoms with Gasteiger partial charge < -0.3 is 16.5 Å². The Bertz CT molecular complexity index is 181. The van der Waals surface area contributed by atoms with Crippen LogP contribution in [0.1, 0.15) is 5.69 Å². The molecule has 5 N–H and O–H groups in total. The number of nitrogens with two attached hydrogens (primary N) is 2. The van der Waals surface area contributed by atoms with Gasteiger partial charge in [0.25, 0.3) is 0 Å². The van der Waals surface area contributed by atoms with E-state index in [2.05, 4.69) is 9.97 Å². The topological polar surface area (TPSA) is 80.7 Å². The molecule has 0 aliphatic heterocycles. The maximum absolute atomic E-state index is 5.30. The Kier molecular flexibility index (Phi) is 1.69. The molecule has 1 rings (SSSR count). The van der Waals surface area contributed by atoms with Crippen molar-refractivity contribution < 1.29 is 0 Å². The largest absolute Gasteiger partial charge is 0.369 e. The van der Waals surface area contributed by atoms with Crippen LogP contribution in [0.25, 0.3) is 0 Å². The molecule has 0 aliphatic rings. The minimum Gasteiger partial charge on any atom is -0.369 e. The van der Waals surface area contributed by atoms with Gasteiger partial charge in [-0.05, 0) is 6.54 Å². The summed E-state index contributed by atoms with van der Waals surface area (Å²) in [5.74, 6) is 0.457. The first kappa shape index (κ1) is 6.10. The second kappa shape index (κ2) is 2.50. The van der Waals surface area contributed by atoms with E-state index in [1.165, 1.54) is 0 Å². The first-order chi connectivity index (χ1) is 4.33. The summed E-state index contributed by atoms with van der Waals surface area (Å²) in [5.41, 5.74) is 11.5. The lowest BCUT2D eigenvalue weighted by Crippen LogP contribution is -2.02. The SMILES string of the molecule is NCCc1c[nH]c(N)n1. The van der Waals surface area contributed by atoms with E-state index in [4.69, 9.17) is 11.5 Å². The molecule has 0 fully saturated rings. The predicted octanol–water partition coefficient (Wildman–Crippen LogP) is -0.507. The fraction of sp³-hybridized carbons (Fsp3) is 0.400. The zero-order valence-corrected chi connectivity index (χ0v) is 5.09. The second-order valence-corrected chi connectivity index (χ2v) is 1.82. The molecule has 4 nitrogen and oxygen atoms in total. The fourth-order valence-electron chi connectivity index (χ4n) is 0.652. The van der Waals surface area contributed by atoms with E-state index in [9.17, 15) is 0 Å². The Hall–Kier alpha value is -1.03. The van der Waals surface area contributed by atoms with Gasteiger partial charge in [-0.1, -0.05) is 0 Å². The molecular weight excluding hydrogens is 116 g/mol. The van der Waals surface area contributed by atoms with Crippen LogP contribution in [0, 0.1) is 0 Å². The molecule has 0 aromatic carbocycles. The standard InChI is InChI=1S/C5H10N4/c6-2-1-4-3-8-5(7)9-4/h3H,1-2,6H2,(H3,7,8,9). The zero-order valence-electron chi connectivity index (χ0n) is 5.09. The number of hydrogen-bond donors (Lipinski definition) is 3. The number of anilines is 1. The Labute approximate surface area is 53.3 Å². The van der Waals surface area contributed by atoms with Crippen molar-refractivity contribution in [1.29, 1.82) is 0 Å². The average Bonchev–Trinajstić information content (AvgIpc) is 2.17. The van der Waals surface area contributed by atoms with E-state index in [1.54, 1.807) is 6.20 Å². The smallest absolute Gasteiger partial charge is 0.197 e. The van der Waals surface area contributed by atoms with Crippen molar-refractivity contribution in [3.05, 3.63) is 11.9 Å². The molecule has 0 radical (unpaired) electrons. The van der Waals surface area contributed by atoms with Crippen molar-refractivity contribution in [2.24, 2.45) is 5.73 Å². The van der Waals surface area contributed by atoms with Crippen LogP contribution in [0.15, 0.2) is 6.20 Å². The van der Waals surface area contributed by atoms with Crippen LogP contribution in [0.5, 0.6) is 0 Å². The number of H-pyrrole nitrogens is 1. The van der Waals surface area contributed by atoms with Crippen LogP contribution in [-0.2, 0) is 6.42 Å². The van der Waals surface area contributed by atoms with Gasteiger partial charge >= 0.3 is 0 Å². The maximum atomic E-state index is 5.30. The van der Waals surface area contributed by atoms with Gasteiger partial charge in [0, 0.05) is 12.6 Å². The molecule has 0 unspecified atom stereocenters. The van der Waals surface area contributed by atoms with Crippen LogP contribution >= 0.6 is 0 Å². The van der Waals surface area contributed by atoms with Crippen molar-refractivity contribution in [2.45, 2.75) is 6.42 Å². The van der Waals surface area contributed by atoms with Crippen molar-refractivity contribution in [1.82, 2.24) is 9.97 Å². The van der Waals surface area contributed by atoms with E-state index in [0.717, 1.165) is 12.1 Å². The summed E-state index contributed by atoms with van der Waals surface area (Å²) >= 11 is 0. The molecule has 1 aromatic heterocycles. The van der Waals surface area contributed by atoms with Crippen molar-refractivity contribution in [2.75, 3.05) is 12.3 Å². The van der Waals surface area contributed by atoms with Gasteiger partial charge in [-0.15, -0.1) is 0 Å². The maximum Gasteiger partial charge on any atom is 0.197 e. The van der Waals surface area contributed by atoms with Gasteiger partial charge in [-0.25, -0.2) is 4.98 Å². The summed E-state index contributed by atoms with van der Waals surface area (Å²) in [6, 6.07) is 0. The predicted molar refractivity (Wildman–Crippen MR) is 35.8 cm³/mol. The number of rotatable bonds is 2. The molecular formula is C5H10N4. The minimum atomic E-state index is 0.457. The molecule has 0 saturated heterocycles. The lowest BCUT2D eigenvalue weighted by atomic mass is 10.3. The highest BCUT2D eigenvalue weighted by atomic mass is 15.0. The summed E-state index contributed by atoms with van der Waals surface area (Å²) in [6.45, 7) is 0.615. The zero-order chi connectivity index (χ0) is 6.69. The first-order valence-electron chi connectivity index (χ1n) is 2.83. The van der Waals surface area contributed by atoms with Crippen LogP contribution in [0.4, 0.5) is 5.95 Å². The molecule has 1 aromatic rings. The number of imidazole rings is 1. The summed E-state index contributed by atoms with van der Waals surface area (Å²) in [7, 11) is 0. The quantitative estimate of drug-likeness (QED) is 0.499. The molecule has 0 aliphatic carbocycles. The molecule has 1 heterocycles. The molecule has 4 heteroatoms. The lowest BCUT2D eigenvalue weighted by molar-refractivity contribution is 0.936. The molecule has 50 valence electrons. The van der Waals surface area contributed by atoms with Crippen molar-refractivity contribution in [3.63, 3.8) is 0 Å². The van der Waals surface area contributed by atoms with Gasteiger partial charge in [0.2, 0.25) is 0 Å². The number of aromatic amines is 1. The fourth-order valence-corrected chi connectivity index (χ4v) is 0.652. The summed E-state index contributed by atoms with van der Waals surface area (Å²) in [4.78, 5) is 6.71. The minimum absolute atomic E-state index is 0.457. The number of hydrogen-bond acceptors (Lipinski definition) is 3. The van der Waals surface area contributed by atoms with E-state index in [-0.39, 0.29) is 0 Å². The first-order valence-corrected chi connectivity index (χ1v) is 2.83. The van der Waals surface area contributed by atoms with Crippen molar-refractivity contribution >= 4 is 5.95 Å². The summed E-state index contributed by atoms with van der Waals surface area (Å²) in [5, 5.41) is 0. The Morgan fingerprint density at radius 3 is 2.89 bits per heavy atom. The molecule has 0 amide bonds. The Balaban J connectivity index is 2.61. The van der Waals surface area contributed by atoms with Crippen LogP contribution in [0.3, 0.4) is 0 Å². The van der Waals surface area contributed by atoms with E-state index in [1.807, 2.05) is 0 Å². The van der Waals surface area contributed by atoms with E-state index >= 15 is 0 Å². The van der Waals surface area contributed by atoms with Crippen LogP contribution in [-0.4, -0.2) is 16.5 Å². The number of aromatic nitrogens is 2. The van der Waals surface area contributed by atoms with Gasteiger partial charge in [0.05, 0.1) is 5.69 Å². The molecule has 0 saturated carbocycles. The third kappa shape index (κ3) is 1.43.